The summed E-state index contributed by atoms with van der Waals surface area (Å²) < 4.78 is 2.15. The van der Waals surface area contributed by atoms with Gasteiger partial charge in [0.1, 0.15) is 11.6 Å². The summed E-state index contributed by atoms with van der Waals surface area (Å²) in [6, 6.07) is 0. The van der Waals surface area contributed by atoms with Crippen molar-refractivity contribution in [3.63, 3.8) is 0 Å². The smallest absolute Gasteiger partial charge is 0.146 e. The highest BCUT2D eigenvalue weighted by Gasteiger charge is 2.26. The molecule has 2 N–H and O–H groups in total. The zero-order valence-corrected chi connectivity index (χ0v) is 14.1. The third-order valence-electron chi connectivity index (χ3n) is 5.21. The molecule has 0 amide bonds. The third-order valence-corrected chi connectivity index (χ3v) is 5.21. The second-order valence-corrected chi connectivity index (χ2v) is 6.90. The van der Waals surface area contributed by atoms with Crippen LogP contribution in [0.15, 0.2) is 0 Å². The molecule has 2 saturated heterocycles. The Morgan fingerprint density at radius 3 is 2.61 bits per heavy atom. The minimum absolute atomic E-state index is 0.138. The van der Waals surface area contributed by atoms with Crippen molar-refractivity contribution in [1.82, 2.24) is 24.6 Å². The molecule has 2 aliphatic heterocycles. The lowest BCUT2D eigenvalue weighted by Gasteiger charge is -2.32. The van der Waals surface area contributed by atoms with E-state index in [1.807, 2.05) is 0 Å². The summed E-state index contributed by atoms with van der Waals surface area (Å²) in [6.45, 7) is 5.66. The number of rotatable bonds is 5. The quantitative estimate of drug-likeness (QED) is 0.791. The number of nitrogens with zero attached hydrogens (tertiary/aromatic N) is 5. The highest BCUT2D eigenvalue weighted by molar-refractivity contribution is 5.04. The van der Waals surface area contributed by atoms with E-state index in [1.165, 1.54) is 0 Å². The minimum Gasteiger partial charge on any atom is -0.395 e. The van der Waals surface area contributed by atoms with Crippen molar-refractivity contribution >= 4 is 0 Å². The molecule has 23 heavy (non-hydrogen) atoms. The summed E-state index contributed by atoms with van der Waals surface area (Å²) in [6.07, 6.45) is 3.86. The fourth-order valence-electron chi connectivity index (χ4n) is 3.76. The summed E-state index contributed by atoms with van der Waals surface area (Å²) in [5.74, 6) is 2.49. The Balaban J connectivity index is 1.62. The van der Waals surface area contributed by atoms with Gasteiger partial charge < -0.3 is 19.7 Å². The first-order valence-corrected chi connectivity index (χ1v) is 8.79. The van der Waals surface area contributed by atoms with E-state index in [0.717, 1.165) is 76.6 Å². The van der Waals surface area contributed by atoms with Gasteiger partial charge in [0.05, 0.1) is 19.3 Å². The number of aliphatic hydroxyl groups is 2. The summed E-state index contributed by atoms with van der Waals surface area (Å²) in [5.41, 5.74) is 0. The molecule has 0 aromatic carbocycles. The summed E-state index contributed by atoms with van der Waals surface area (Å²) in [7, 11) is 2.06. The molecular weight excluding hydrogens is 294 g/mol. The van der Waals surface area contributed by atoms with Crippen molar-refractivity contribution in [3.05, 3.63) is 11.6 Å². The van der Waals surface area contributed by atoms with Gasteiger partial charge in [0.2, 0.25) is 0 Å². The van der Waals surface area contributed by atoms with Crippen molar-refractivity contribution in [2.45, 2.75) is 44.2 Å². The first-order chi connectivity index (χ1) is 11.2. The zero-order chi connectivity index (χ0) is 16.2. The van der Waals surface area contributed by atoms with E-state index in [0.29, 0.717) is 5.92 Å². The maximum atomic E-state index is 9.61. The Bertz CT molecular complexity index is 497. The summed E-state index contributed by atoms with van der Waals surface area (Å²) in [4.78, 5) is 4.66. The molecular formula is C16H29N5O2. The normalized spacial score (nSPS) is 25.1. The van der Waals surface area contributed by atoms with E-state index < -0.39 is 0 Å². The second-order valence-electron chi connectivity index (χ2n) is 6.90. The summed E-state index contributed by atoms with van der Waals surface area (Å²) in [5, 5.41) is 27.6. The molecule has 2 fully saturated rings. The van der Waals surface area contributed by atoms with Crippen LogP contribution < -0.4 is 0 Å². The largest absolute Gasteiger partial charge is 0.395 e. The van der Waals surface area contributed by atoms with Gasteiger partial charge in [-0.1, -0.05) is 0 Å². The fourth-order valence-corrected chi connectivity index (χ4v) is 3.76. The Hall–Kier alpha value is -1.02. The molecule has 0 saturated carbocycles. The lowest BCUT2D eigenvalue weighted by molar-refractivity contribution is 0.0775. The van der Waals surface area contributed by atoms with Gasteiger partial charge in [-0.05, 0) is 32.2 Å². The standard InChI is InChI=1S/C16H29N5O2/c1-19-15(12-21-7-4-14(23)5-8-21)17-18-16(19)13-3-2-6-20(11-13)9-10-22/h13-14,22-23H,2-12H2,1H3. The van der Waals surface area contributed by atoms with Crippen LogP contribution in [-0.2, 0) is 13.6 Å². The van der Waals surface area contributed by atoms with Crippen molar-refractivity contribution < 1.29 is 10.2 Å². The molecule has 3 rings (SSSR count). The average molecular weight is 323 g/mol. The molecule has 1 aromatic rings. The van der Waals surface area contributed by atoms with Gasteiger partial charge in [-0.2, -0.15) is 0 Å². The molecule has 130 valence electrons. The number of likely N-dealkylation sites (tertiary alicyclic amines) is 2. The number of piperidine rings is 2. The van der Waals surface area contributed by atoms with Gasteiger partial charge >= 0.3 is 0 Å². The maximum absolute atomic E-state index is 9.61. The van der Waals surface area contributed by atoms with Crippen LogP contribution in [0.2, 0.25) is 0 Å². The number of β-amino-alcohol motifs (C(OH)–C–C–N with tert-alkyl or cyclic N) is 1. The zero-order valence-electron chi connectivity index (χ0n) is 14.1. The van der Waals surface area contributed by atoms with Gasteiger partial charge in [0.25, 0.3) is 0 Å². The topological polar surface area (TPSA) is 77.7 Å². The van der Waals surface area contributed by atoms with Crippen LogP contribution in [0.5, 0.6) is 0 Å². The first kappa shape index (κ1) is 16.8. The van der Waals surface area contributed by atoms with Gasteiger partial charge in [0, 0.05) is 39.1 Å². The Morgan fingerprint density at radius 2 is 1.87 bits per heavy atom. The number of hydrogen-bond donors (Lipinski definition) is 2. The summed E-state index contributed by atoms with van der Waals surface area (Å²) >= 11 is 0. The van der Waals surface area contributed by atoms with E-state index in [2.05, 4.69) is 31.6 Å². The van der Waals surface area contributed by atoms with E-state index in [9.17, 15) is 5.11 Å². The SMILES string of the molecule is Cn1c(CN2CCC(O)CC2)nnc1C1CCCN(CCO)C1. The molecule has 2 aliphatic rings. The van der Waals surface area contributed by atoms with Crippen LogP contribution in [0, 0.1) is 0 Å². The highest BCUT2D eigenvalue weighted by Crippen LogP contribution is 2.26. The van der Waals surface area contributed by atoms with Crippen LogP contribution in [0.3, 0.4) is 0 Å². The molecule has 1 atom stereocenters. The molecule has 0 spiro atoms. The second kappa shape index (κ2) is 7.70. The van der Waals surface area contributed by atoms with Crippen molar-refractivity contribution in [2.24, 2.45) is 7.05 Å². The monoisotopic (exact) mass is 323 g/mol. The van der Waals surface area contributed by atoms with E-state index >= 15 is 0 Å². The Morgan fingerprint density at radius 1 is 1.09 bits per heavy atom. The van der Waals surface area contributed by atoms with Gasteiger partial charge in [-0.25, -0.2) is 0 Å². The maximum Gasteiger partial charge on any atom is 0.146 e. The van der Waals surface area contributed by atoms with Crippen LogP contribution in [0.1, 0.15) is 43.3 Å². The predicted octanol–water partition coefficient (Wildman–Crippen LogP) is -0.0565. The van der Waals surface area contributed by atoms with Crippen LogP contribution >= 0.6 is 0 Å². The molecule has 1 aromatic heterocycles. The Kier molecular flexibility index (Phi) is 5.63. The third kappa shape index (κ3) is 4.09. The number of aliphatic hydroxyl groups excluding tert-OH is 2. The van der Waals surface area contributed by atoms with Gasteiger partial charge in [0.15, 0.2) is 0 Å². The van der Waals surface area contributed by atoms with Gasteiger partial charge in [-0.15, -0.1) is 10.2 Å². The fraction of sp³-hybridized carbons (Fsp3) is 0.875. The highest BCUT2D eigenvalue weighted by atomic mass is 16.3. The van der Waals surface area contributed by atoms with Gasteiger partial charge in [-0.3, -0.25) is 4.90 Å². The molecule has 0 radical (unpaired) electrons. The molecule has 7 heteroatoms. The van der Waals surface area contributed by atoms with Crippen LogP contribution in [0.25, 0.3) is 0 Å². The van der Waals surface area contributed by atoms with Crippen molar-refractivity contribution in [3.8, 4) is 0 Å². The predicted molar refractivity (Wildman–Crippen MR) is 87.0 cm³/mol. The average Bonchev–Trinajstić information content (AvgIpc) is 2.91. The van der Waals surface area contributed by atoms with Crippen molar-refractivity contribution in [2.75, 3.05) is 39.3 Å². The molecule has 1 unspecified atom stereocenters. The minimum atomic E-state index is -0.138. The van der Waals surface area contributed by atoms with E-state index in [-0.39, 0.29) is 12.7 Å². The number of hydrogen-bond acceptors (Lipinski definition) is 6. The first-order valence-electron chi connectivity index (χ1n) is 8.79. The van der Waals surface area contributed by atoms with Crippen LogP contribution in [-0.4, -0.2) is 80.2 Å². The molecule has 3 heterocycles. The molecule has 0 aliphatic carbocycles. The van der Waals surface area contributed by atoms with E-state index in [1.54, 1.807) is 0 Å². The lowest BCUT2D eigenvalue weighted by atomic mass is 9.97. The molecule has 0 bridgehead atoms. The van der Waals surface area contributed by atoms with Crippen LogP contribution in [0.4, 0.5) is 0 Å². The van der Waals surface area contributed by atoms with Crippen molar-refractivity contribution in [1.29, 1.82) is 0 Å². The Labute approximate surface area is 137 Å². The molecule has 7 nitrogen and oxygen atoms in total. The lowest BCUT2D eigenvalue weighted by Crippen LogP contribution is -2.37. The number of aromatic nitrogens is 3. The van der Waals surface area contributed by atoms with E-state index in [4.69, 9.17) is 5.11 Å².